The molecule has 0 spiro atoms. The molecule has 0 aromatic carbocycles. The lowest BCUT2D eigenvalue weighted by Crippen LogP contribution is -2.06. The molecule has 0 aliphatic heterocycles. The van der Waals surface area contributed by atoms with Crippen LogP contribution >= 0.6 is 0 Å². The molecule has 0 fully saturated rings. The van der Waals surface area contributed by atoms with Gasteiger partial charge < -0.3 is 5.32 Å². The first-order valence-electron chi connectivity index (χ1n) is 4.69. The molecule has 0 rings (SSSR count). The minimum Gasteiger partial charge on any atom is -0.316 e. The highest BCUT2D eigenvalue weighted by Crippen LogP contribution is 1.86. The van der Waals surface area contributed by atoms with Crippen molar-refractivity contribution >= 4 is 12.4 Å². The Labute approximate surface area is 80.7 Å². The van der Waals surface area contributed by atoms with E-state index >= 15 is 0 Å². The molecule has 0 bridgehead atoms. The van der Waals surface area contributed by atoms with Crippen LogP contribution in [-0.4, -0.2) is 39.1 Å². The Morgan fingerprint density at radius 1 is 1.15 bits per heavy atom. The molecule has 0 aliphatic rings. The van der Waals surface area contributed by atoms with Gasteiger partial charge in [0.05, 0.1) is 0 Å². The fourth-order valence-corrected chi connectivity index (χ4v) is 0.752. The van der Waals surface area contributed by atoms with Crippen molar-refractivity contribution in [2.75, 3.05) is 26.7 Å². The molecule has 0 aliphatic carbocycles. The molecular formula is C10H19N3. The molecule has 0 saturated heterocycles. The molecule has 1 N–H and O–H groups in total. The Hall–Kier alpha value is -0.960. The van der Waals surface area contributed by atoms with E-state index in [4.69, 9.17) is 0 Å². The van der Waals surface area contributed by atoms with Crippen LogP contribution in [-0.2, 0) is 0 Å². The number of rotatable bonds is 6. The molecule has 0 atom stereocenters. The van der Waals surface area contributed by atoms with Gasteiger partial charge in [0.25, 0.3) is 0 Å². The maximum atomic E-state index is 4.17. The zero-order valence-electron chi connectivity index (χ0n) is 8.75. The highest BCUT2D eigenvalue weighted by molar-refractivity contribution is 6.04. The third-order valence-corrected chi connectivity index (χ3v) is 1.39. The normalized spacial score (nSPS) is 11.3. The summed E-state index contributed by atoms with van der Waals surface area (Å²) in [7, 11) is 1.92. The maximum Gasteiger partial charge on any atom is 0.0361 e. The summed E-state index contributed by atoms with van der Waals surface area (Å²) in [5, 5.41) is 3.05. The molecule has 0 aromatic rings. The van der Waals surface area contributed by atoms with Crippen LogP contribution < -0.4 is 5.32 Å². The van der Waals surface area contributed by atoms with E-state index in [2.05, 4.69) is 21.4 Å². The van der Waals surface area contributed by atoms with Crippen LogP contribution in [0.25, 0.3) is 0 Å². The van der Waals surface area contributed by atoms with Crippen LogP contribution in [0.15, 0.2) is 21.6 Å². The smallest absolute Gasteiger partial charge is 0.0361 e. The van der Waals surface area contributed by atoms with Crippen LogP contribution in [0.5, 0.6) is 0 Å². The molecule has 0 saturated carbocycles. The number of hydrogen-bond donors (Lipinski definition) is 1. The third kappa shape index (κ3) is 7.40. The van der Waals surface area contributed by atoms with Crippen molar-refractivity contribution in [1.29, 1.82) is 0 Å². The van der Waals surface area contributed by atoms with E-state index in [0.717, 1.165) is 25.2 Å². The van der Waals surface area contributed by atoms with E-state index in [1.165, 1.54) is 0 Å². The minimum absolute atomic E-state index is 0.816. The molecule has 74 valence electrons. The Balaban J connectivity index is 4.18. The molecule has 0 heterocycles. The van der Waals surface area contributed by atoms with Crippen molar-refractivity contribution < 1.29 is 0 Å². The predicted octanol–water partition coefficient (Wildman–Crippen LogP) is 1.31. The van der Waals surface area contributed by atoms with Crippen LogP contribution in [0.2, 0.25) is 0 Å². The lowest BCUT2D eigenvalue weighted by Gasteiger charge is -1.93. The van der Waals surface area contributed by atoms with Gasteiger partial charge in [0.2, 0.25) is 0 Å². The summed E-state index contributed by atoms with van der Waals surface area (Å²) in [5.74, 6) is 0. The van der Waals surface area contributed by atoms with Gasteiger partial charge >= 0.3 is 0 Å². The highest BCUT2D eigenvalue weighted by atomic mass is 14.8. The summed E-state index contributed by atoms with van der Waals surface area (Å²) in [5.41, 5.74) is 1.07. The van der Waals surface area contributed by atoms with E-state index in [-0.39, 0.29) is 0 Å². The first-order valence-corrected chi connectivity index (χ1v) is 4.69. The molecule has 0 aromatic heterocycles. The lowest BCUT2D eigenvalue weighted by molar-refractivity contribution is 0.919. The zero-order chi connectivity index (χ0) is 9.94. The van der Waals surface area contributed by atoms with Crippen molar-refractivity contribution in [3.8, 4) is 0 Å². The minimum atomic E-state index is 0.816. The van der Waals surface area contributed by atoms with Gasteiger partial charge in [-0.05, 0) is 20.9 Å². The third-order valence-electron chi connectivity index (χ3n) is 1.39. The molecule has 0 radical (unpaired) electrons. The van der Waals surface area contributed by atoms with Crippen molar-refractivity contribution in [3.63, 3.8) is 0 Å². The van der Waals surface area contributed by atoms with Crippen molar-refractivity contribution in [2.24, 2.45) is 9.98 Å². The Bertz CT molecular complexity index is 176. The molecule has 0 unspecified atom stereocenters. The highest BCUT2D eigenvalue weighted by Gasteiger charge is 1.85. The van der Waals surface area contributed by atoms with E-state index in [0.29, 0.717) is 0 Å². The van der Waals surface area contributed by atoms with Gasteiger partial charge in [-0.1, -0.05) is 6.08 Å². The van der Waals surface area contributed by atoms with Gasteiger partial charge in [0, 0.05) is 37.6 Å². The first kappa shape index (κ1) is 12.0. The standard InChI is InChI=1S/C10H19N3/c1-4-12-8-10(6-7-11-3)9-13-5-2/h6,8-9,11H,4-5,7H2,1-3H3. The van der Waals surface area contributed by atoms with E-state index in [1.807, 2.05) is 33.3 Å². The lowest BCUT2D eigenvalue weighted by atomic mass is 10.3. The maximum absolute atomic E-state index is 4.17. The quantitative estimate of drug-likeness (QED) is 0.616. The summed E-state index contributed by atoms with van der Waals surface area (Å²) < 4.78 is 0. The predicted molar refractivity (Wildman–Crippen MR) is 60.1 cm³/mol. The average Bonchev–Trinajstić information content (AvgIpc) is 2.17. The van der Waals surface area contributed by atoms with Crippen LogP contribution in [0, 0.1) is 0 Å². The fraction of sp³-hybridized carbons (Fsp3) is 0.600. The molecule has 13 heavy (non-hydrogen) atoms. The van der Waals surface area contributed by atoms with Gasteiger partial charge in [0.15, 0.2) is 0 Å². The van der Waals surface area contributed by atoms with Crippen molar-refractivity contribution in [3.05, 3.63) is 11.6 Å². The SMILES string of the molecule is CCN=CC(C=NCC)=CCNC. The Morgan fingerprint density at radius 3 is 2.08 bits per heavy atom. The van der Waals surface area contributed by atoms with Crippen LogP contribution in [0.1, 0.15) is 13.8 Å². The fourth-order valence-electron chi connectivity index (χ4n) is 0.752. The summed E-state index contributed by atoms with van der Waals surface area (Å²) in [6.45, 7) is 6.51. The molecule has 3 nitrogen and oxygen atoms in total. The topological polar surface area (TPSA) is 36.8 Å². The van der Waals surface area contributed by atoms with Crippen molar-refractivity contribution in [1.82, 2.24) is 5.32 Å². The second-order valence-corrected chi connectivity index (χ2v) is 2.52. The molecule has 3 heteroatoms. The number of nitrogens with one attached hydrogen (secondary N) is 1. The monoisotopic (exact) mass is 181 g/mol. The van der Waals surface area contributed by atoms with Crippen LogP contribution in [0.4, 0.5) is 0 Å². The van der Waals surface area contributed by atoms with E-state index < -0.39 is 0 Å². The summed E-state index contributed by atoms with van der Waals surface area (Å²) in [6, 6.07) is 0. The molecular weight excluding hydrogens is 162 g/mol. The van der Waals surface area contributed by atoms with E-state index in [1.54, 1.807) is 0 Å². The number of allylic oxidation sites excluding steroid dienone is 1. The van der Waals surface area contributed by atoms with Gasteiger partial charge in [-0.2, -0.15) is 0 Å². The summed E-state index contributed by atoms with van der Waals surface area (Å²) in [4.78, 5) is 8.33. The number of nitrogens with zero attached hydrogens (tertiary/aromatic N) is 2. The zero-order valence-corrected chi connectivity index (χ0v) is 8.75. The molecule has 0 amide bonds. The first-order chi connectivity index (χ1) is 6.35. The number of aliphatic imine (C=N–C) groups is 2. The number of likely N-dealkylation sites (N-methyl/N-ethyl adjacent to an activating group) is 1. The largest absolute Gasteiger partial charge is 0.316 e. The summed E-state index contributed by atoms with van der Waals surface area (Å²) >= 11 is 0. The second-order valence-electron chi connectivity index (χ2n) is 2.52. The number of hydrogen-bond acceptors (Lipinski definition) is 3. The van der Waals surface area contributed by atoms with E-state index in [9.17, 15) is 0 Å². The Kier molecular flexibility index (Phi) is 8.46. The Morgan fingerprint density at radius 2 is 1.69 bits per heavy atom. The second kappa shape index (κ2) is 9.13. The van der Waals surface area contributed by atoms with Crippen molar-refractivity contribution in [2.45, 2.75) is 13.8 Å². The van der Waals surface area contributed by atoms with Gasteiger partial charge in [0.1, 0.15) is 0 Å². The van der Waals surface area contributed by atoms with Gasteiger partial charge in [-0.25, -0.2) is 0 Å². The average molecular weight is 181 g/mol. The summed E-state index contributed by atoms with van der Waals surface area (Å²) in [6.07, 6.45) is 5.78. The van der Waals surface area contributed by atoms with Gasteiger partial charge in [-0.15, -0.1) is 0 Å². The van der Waals surface area contributed by atoms with Gasteiger partial charge in [-0.3, -0.25) is 9.98 Å². The van der Waals surface area contributed by atoms with Crippen LogP contribution in [0.3, 0.4) is 0 Å².